The third-order valence-electron chi connectivity index (χ3n) is 3.63. The molecule has 0 aromatic heterocycles. The van der Waals surface area contributed by atoms with E-state index < -0.39 is 0 Å². The van der Waals surface area contributed by atoms with Crippen molar-refractivity contribution in [3.05, 3.63) is 22.2 Å². The first-order valence-electron chi connectivity index (χ1n) is 7.54. The van der Waals surface area contributed by atoms with Crippen LogP contribution in [0.2, 0.25) is 0 Å². The minimum atomic E-state index is 0.166. The van der Waals surface area contributed by atoms with Crippen LogP contribution in [0.3, 0.4) is 0 Å². The number of phenols is 1. The van der Waals surface area contributed by atoms with Crippen LogP contribution in [-0.2, 0) is 11.3 Å². The highest BCUT2D eigenvalue weighted by Crippen LogP contribution is 2.35. The van der Waals surface area contributed by atoms with E-state index in [0.717, 1.165) is 31.7 Å². The van der Waals surface area contributed by atoms with Crippen molar-refractivity contribution < 1.29 is 14.6 Å². The molecule has 0 spiro atoms. The van der Waals surface area contributed by atoms with Crippen molar-refractivity contribution in [1.29, 1.82) is 0 Å². The fourth-order valence-corrected chi connectivity index (χ4v) is 3.15. The summed E-state index contributed by atoms with van der Waals surface area (Å²) >= 11 is 3.38. The molecule has 1 aromatic carbocycles. The summed E-state index contributed by atoms with van der Waals surface area (Å²) in [5.74, 6) is 0.697. The maximum absolute atomic E-state index is 9.94. The number of phenolic OH excluding ortho intramolecular Hbond substituents is 1. The van der Waals surface area contributed by atoms with Crippen molar-refractivity contribution >= 4 is 15.9 Å². The standard InChI is InChI=1S/C16H24BrNO3/c1-3-20-15-9-12(8-14(17)16(15)19)10-18(2)11-13-6-4-5-7-21-13/h8-9,13,19H,3-7,10-11H2,1-2H3. The Hall–Kier alpha value is -0.780. The van der Waals surface area contributed by atoms with E-state index in [2.05, 4.69) is 27.9 Å². The summed E-state index contributed by atoms with van der Waals surface area (Å²) in [7, 11) is 2.10. The minimum absolute atomic E-state index is 0.166. The van der Waals surface area contributed by atoms with Gasteiger partial charge >= 0.3 is 0 Å². The Morgan fingerprint density at radius 3 is 2.90 bits per heavy atom. The van der Waals surface area contributed by atoms with Crippen molar-refractivity contribution in [3.63, 3.8) is 0 Å². The molecule has 4 nitrogen and oxygen atoms in total. The maximum Gasteiger partial charge on any atom is 0.172 e. The number of likely N-dealkylation sites (N-methyl/N-ethyl adjacent to an activating group) is 1. The van der Waals surface area contributed by atoms with Crippen LogP contribution in [0.4, 0.5) is 0 Å². The van der Waals surface area contributed by atoms with Gasteiger partial charge in [-0.25, -0.2) is 0 Å². The van der Waals surface area contributed by atoms with Crippen LogP contribution in [-0.4, -0.2) is 42.9 Å². The number of aromatic hydroxyl groups is 1. The molecule has 1 atom stereocenters. The molecule has 0 saturated carbocycles. The van der Waals surface area contributed by atoms with Crippen molar-refractivity contribution in [2.45, 2.75) is 38.8 Å². The quantitative estimate of drug-likeness (QED) is 0.845. The summed E-state index contributed by atoms with van der Waals surface area (Å²) in [6, 6.07) is 3.85. The lowest BCUT2D eigenvalue weighted by molar-refractivity contribution is -0.00260. The lowest BCUT2D eigenvalue weighted by atomic mass is 10.1. The van der Waals surface area contributed by atoms with Gasteiger partial charge in [-0.15, -0.1) is 0 Å². The Bertz CT molecular complexity index is 461. The summed E-state index contributed by atoms with van der Waals surface area (Å²) in [6.07, 6.45) is 3.93. The van der Waals surface area contributed by atoms with Gasteiger partial charge in [0.2, 0.25) is 0 Å². The summed E-state index contributed by atoms with van der Waals surface area (Å²) in [6.45, 7) is 5.07. The van der Waals surface area contributed by atoms with Gasteiger partial charge < -0.3 is 14.6 Å². The van der Waals surface area contributed by atoms with Crippen LogP contribution < -0.4 is 4.74 Å². The average molecular weight is 358 g/mol. The van der Waals surface area contributed by atoms with E-state index in [1.807, 2.05) is 19.1 Å². The van der Waals surface area contributed by atoms with E-state index in [0.29, 0.717) is 22.9 Å². The molecule has 1 aromatic rings. The molecule has 1 aliphatic heterocycles. The molecular formula is C16H24BrNO3. The molecule has 1 unspecified atom stereocenters. The number of halogens is 1. The van der Waals surface area contributed by atoms with Crippen LogP contribution in [0.15, 0.2) is 16.6 Å². The summed E-state index contributed by atoms with van der Waals surface area (Å²) in [4.78, 5) is 2.25. The van der Waals surface area contributed by atoms with E-state index in [4.69, 9.17) is 9.47 Å². The molecule has 21 heavy (non-hydrogen) atoms. The molecule has 1 aliphatic rings. The third-order valence-corrected chi connectivity index (χ3v) is 4.23. The number of ether oxygens (including phenoxy) is 2. The number of hydrogen-bond acceptors (Lipinski definition) is 4. The predicted octanol–water partition coefficient (Wildman–Crippen LogP) is 3.55. The first kappa shape index (κ1) is 16.6. The minimum Gasteiger partial charge on any atom is -0.503 e. The first-order chi connectivity index (χ1) is 10.1. The largest absolute Gasteiger partial charge is 0.503 e. The van der Waals surface area contributed by atoms with Gasteiger partial charge in [-0.1, -0.05) is 0 Å². The van der Waals surface area contributed by atoms with Crippen molar-refractivity contribution in [1.82, 2.24) is 4.90 Å². The summed E-state index contributed by atoms with van der Waals surface area (Å²) in [5.41, 5.74) is 1.11. The van der Waals surface area contributed by atoms with Crippen LogP contribution >= 0.6 is 15.9 Å². The van der Waals surface area contributed by atoms with Crippen molar-refractivity contribution in [3.8, 4) is 11.5 Å². The zero-order valence-corrected chi connectivity index (χ0v) is 14.4. The van der Waals surface area contributed by atoms with E-state index in [-0.39, 0.29) is 5.75 Å². The molecule has 2 rings (SSSR count). The van der Waals surface area contributed by atoms with Gasteiger partial charge in [0, 0.05) is 19.7 Å². The van der Waals surface area contributed by atoms with Crippen LogP contribution in [0.25, 0.3) is 0 Å². The number of benzene rings is 1. The molecule has 0 aliphatic carbocycles. The number of nitrogens with zero attached hydrogens (tertiary/aromatic N) is 1. The molecule has 1 fully saturated rings. The number of rotatable bonds is 6. The molecule has 0 amide bonds. The molecule has 0 bridgehead atoms. The number of hydrogen-bond donors (Lipinski definition) is 1. The molecule has 0 radical (unpaired) electrons. The lowest BCUT2D eigenvalue weighted by Crippen LogP contribution is -2.33. The second kappa shape index (κ2) is 8.01. The van der Waals surface area contributed by atoms with Gasteiger partial charge in [-0.2, -0.15) is 0 Å². The van der Waals surface area contributed by atoms with Crippen molar-refractivity contribution in [2.75, 3.05) is 26.8 Å². The van der Waals surface area contributed by atoms with E-state index in [9.17, 15) is 5.11 Å². The molecule has 1 saturated heterocycles. The lowest BCUT2D eigenvalue weighted by Gasteiger charge is -2.27. The Balaban J connectivity index is 1.97. The monoisotopic (exact) mass is 357 g/mol. The smallest absolute Gasteiger partial charge is 0.172 e. The molecule has 1 heterocycles. The SMILES string of the molecule is CCOc1cc(CN(C)CC2CCCCO2)cc(Br)c1O. The Labute approximate surface area is 135 Å². The van der Waals surface area contributed by atoms with Crippen LogP contribution in [0.5, 0.6) is 11.5 Å². The Morgan fingerprint density at radius 1 is 1.43 bits per heavy atom. The highest BCUT2D eigenvalue weighted by Gasteiger charge is 2.17. The Kier molecular flexibility index (Phi) is 6.33. The van der Waals surface area contributed by atoms with Gasteiger partial charge in [0.15, 0.2) is 11.5 Å². The topological polar surface area (TPSA) is 41.9 Å². The first-order valence-corrected chi connectivity index (χ1v) is 8.33. The predicted molar refractivity (Wildman–Crippen MR) is 86.9 cm³/mol. The van der Waals surface area contributed by atoms with E-state index >= 15 is 0 Å². The third kappa shape index (κ3) is 4.87. The zero-order chi connectivity index (χ0) is 15.2. The fraction of sp³-hybridized carbons (Fsp3) is 0.625. The van der Waals surface area contributed by atoms with Crippen LogP contribution in [0.1, 0.15) is 31.7 Å². The molecule has 118 valence electrons. The van der Waals surface area contributed by atoms with E-state index in [1.54, 1.807) is 0 Å². The van der Waals surface area contributed by atoms with Gasteiger partial charge in [0.05, 0.1) is 17.2 Å². The normalized spacial score (nSPS) is 19.0. The molecule has 1 N–H and O–H groups in total. The van der Waals surface area contributed by atoms with Crippen LogP contribution in [0, 0.1) is 0 Å². The van der Waals surface area contributed by atoms with Gasteiger partial charge in [-0.3, -0.25) is 4.90 Å². The highest BCUT2D eigenvalue weighted by atomic mass is 79.9. The van der Waals surface area contributed by atoms with Gasteiger partial charge in [0.25, 0.3) is 0 Å². The van der Waals surface area contributed by atoms with Crippen molar-refractivity contribution in [2.24, 2.45) is 0 Å². The molecule has 5 heteroatoms. The summed E-state index contributed by atoms with van der Waals surface area (Å²) in [5, 5.41) is 9.94. The van der Waals surface area contributed by atoms with Gasteiger partial charge in [-0.05, 0) is 66.9 Å². The zero-order valence-electron chi connectivity index (χ0n) is 12.8. The highest BCUT2D eigenvalue weighted by molar-refractivity contribution is 9.10. The maximum atomic E-state index is 9.94. The summed E-state index contributed by atoms with van der Waals surface area (Å²) < 4.78 is 11.9. The second-order valence-electron chi connectivity index (χ2n) is 5.54. The average Bonchev–Trinajstić information content (AvgIpc) is 2.45. The second-order valence-corrected chi connectivity index (χ2v) is 6.40. The van der Waals surface area contributed by atoms with Gasteiger partial charge in [0.1, 0.15) is 0 Å². The fourth-order valence-electron chi connectivity index (χ4n) is 2.66. The Morgan fingerprint density at radius 2 is 2.24 bits per heavy atom. The van der Waals surface area contributed by atoms with E-state index in [1.165, 1.54) is 12.8 Å². The molecular weight excluding hydrogens is 334 g/mol.